The Hall–Kier alpha value is -3.96. The number of rotatable bonds is 9. The van der Waals surface area contributed by atoms with Crippen LogP contribution in [0, 0.1) is 17.1 Å². The number of nitrogens with zero attached hydrogens (tertiary/aromatic N) is 5. The number of halogens is 2. The van der Waals surface area contributed by atoms with Crippen molar-refractivity contribution in [1.82, 2.24) is 20.1 Å². The van der Waals surface area contributed by atoms with Crippen LogP contribution >= 0.6 is 27.3 Å². The molecule has 2 unspecified atom stereocenters. The fraction of sp³-hybridized carbons (Fsp3) is 0.300. The molecule has 0 aliphatic carbocycles. The van der Waals surface area contributed by atoms with Crippen molar-refractivity contribution in [3.05, 3.63) is 97.3 Å². The summed E-state index contributed by atoms with van der Waals surface area (Å²) < 4.78 is 19.9. The van der Waals surface area contributed by atoms with Gasteiger partial charge in [0.1, 0.15) is 17.9 Å². The zero-order valence-electron chi connectivity index (χ0n) is 23.2. The quantitative estimate of drug-likeness (QED) is 0.322. The van der Waals surface area contributed by atoms with Crippen molar-refractivity contribution < 1.29 is 23.8 Å². The molecule has 5 rings (SSSR count). The van der Waals surface area contributed by atoms with Crippen LogP contribution in [0.25, 0.3) is 0 Å². The third-order valence-corrected chi connectivity index (χ3v) is 8.70. The van der Waals surface area contributed by atoms with Crippen molar-refractivity contribution in [2.45, 2.75) is 19.0 Å². The minimum Gasteiger partial charge on any atom is -0.480 e. The molecule has 222 valence electrons. The number of hydrogen-bond acceptors (Lipinski definition) is 10. The van der Waals surface area contributed by atoms with Crippen LogP contribution in [0.15, 0.2) is 74.8 Å². The Bertz CT molecular complexity index is 1610. The summed E-state index contributed by atoms with van der Waals surface area (Å²) in [5, 5.41) is 25.1. The lowest BCUT2D eigenvalue weighted by Gasteiger charge is -2.39. The first-order chi connectivity index (χ1) is 20.8. The number of aromatic nitrogens is 1. The molecule has 0 spiro atoms. The molecule has 2 aliphatic rings. The average molecular weight is 668 g/mol. The number of piperazine rings is 1. The molecule has 10 nitrogen and oxygen atoms in total. The Labute approximate surface area is 260 Å². The Morgan fingerprint density at radius 2 is 2.05 bits per heavy atom. The summed E-state index contributed by atoms with van der Waals surface area (Å²) in [5.74, 6) is -1.45. The number of ether oxygens (including phenoxy) is 1. The summed E-state index contributed by atoms with van der Waals surface area (Å²) in [4.78, 5) is 39.0. The van der Waals surface area contributed by atoms with Gasteiger partial charge in [0.05, 0.1) is 23.8 Å². The number of nitriles is 1. The highest BCUT2D eigenvalue weighted by Gasteiger charge is 2.36. The standard InChI is InChI=1S/C30H28BrFN6O4S/c1-2-42-30(41)24-23(35-27(28-34-8-13-43-28)36-25(24)21-7-6-20(32)15-22(21)31)17-37-9-11-38(12-10-37)26(29(39)40)19-5-3-4-18(14-19)16-33/h3-8,13-15,25-26H,2,9-12,17H2,1H3,(H,35,36)(H,39,40). The Morgan fingerprint density at radius 3 is 2.70 bits per heavy atom. The summed E-state index contributed by atoms with van der Waals surface area (Å²) >= 11 is 4.84. The van der Waals surface area contributed by atoms with E-state index in [4.69, 9.17) is 9.73 Å². The maximum Gasteiger partial charge on any atom is 0.338 e. The molecule has 2 atom stereocenters. The zero-order chi connectivity index (χ0) is 30.5. The molecule has 1 aromatic heterocycles. The van der Waals surface area contributed by atoms with Crippen LogP contribution in [0.4, 0.5) is 4.39 Å². The predicted octanol–water partition coefficient (Wildman–Crippen LogP) is 4.27. The molecule has 43 heavy (non-hydrogen) atoms. The molecule has 0 amide bonds. The largest absolute Gasteiger partial charge is 0.480 e. The number of carbonyl (C=O) groups excluding carboxylic acids is 1. The molecular formula is C30H28BrFN6O4S. The van der Waals surface area contributed by atoms with Gasteiger partial charge in [-0.1, -0.05) is 34.1 Å². The molecule has 1 fully saturated rings. The van der Waals surface area contributed by atoms with Gasteiger partial charge in [-0.2, -0.15) is 5.26 Å². The fourth-order valence-corrected chi connectivity index (χ4v) is 6.41. The molecule has 0 saturated carbocycles. The lowest BCUT2D eigenvalue weighted by Crippen LogP contribution is -2.51. The number of aliphatic carboxylic acids is 1. The van der Waals surface area contributed by atoms with Crippen LogP contribution in [-0.2, 0) is 14.3 Å². The van der Waals surface area contributed by atoms with E-state index in [0.717, 1.165) is 0 Å². The third kappa shape index (κ3) is 6.83. The van der Waals surface area contributed by atoms with Crippen molar-refractivity contribution in [3.8, 4) is 6.07 Å². The molecule has 1 saturated heterocycles. The third-order valence-electron chi connectivity index (χ3n) is 7.23. The number of aliphatic imine (C=N–C) groups is 1. The fourth-order valence-electron chi connectivity index (χ4n) is 5.26. The highest BCUT2D eigenvalue weighted by atomic mass is 79.9. The second-order valence-corrected chi connectivity index (χ2v) is 11.7. The summed E-state index contributed by atoms with van der Waals surface area (Å²) in [7, 11) is 0. The number of carboxylic acid groups (broad SMARTS) is 1. The van der Waals surface area contributed by atoms with Crippen LogP contribution in [0.2, 0.25) is 0 Å². The highest BCUT2D eigenvalue weighted by Crippen LogP contribution is 2.37. The van der Waals surface area contributed by atoms with Gasteiger partial charge < -0.3 is 15.2 Å². The summed E-state index contributed by atoms with van der Waals surface area (Å²) in [6, 6.07) is 11.3. The highest BCUT2D eigenvalue weighted by molar-refractivity contribution is 9.10. The molecule has 2 aliphatic heterocycles. The average Bonchev–Trinajstić information content (AvgIpc) is 3.53. The first kappa shape index (κ1) is 30.5. The van der Waals surface area contributed by atoms with E-state index < -0.39 is 29.8 Å². The van der Waals surface area contributed by atoms with Gasteiger partial charge in [0, 0.05) is 54.5 Å². The van der Waals surface area contributed by atoms with Gasteiger partial charge in [-0.25, -0.2) is 14.2 Å². The molecule has 2 aromatic carbocycles. The van der Waals surface area contributed by atoms with Crippen LogP contribution in [0.3, 0.4) is 0 Å². The maximum atomic E-state index is 14.0. The molecule has 13 heteroatoms. The summed E-state index contributed by atoms with van der Waals surface area (Å²) in [5.41, 5.74) is 2.46. The number of nitrogens with one attached hydrogen (secondary N) is 1. The van der Waals surface area contributed by atoms with Crippen molar-refractivity contribution in [1.29, 1.82) is 5.26 Å². The number of esters is 1. The van der Waals surface area contributed by atoms with Gasteiger partial charge in [-0.3, -0.25) is 19.6 Å². The molecule has 0 radical (unpaired) electrons. The van der Waals surface area contributed by atoms with Gasteiger partial charge in [0.2, 0.25) is 0 Å². The lowest BCUT2D eigenvalue weighted by atomic mass is 9.95. The van der Waals surface area contributed by atoms with E-state index in [2.05, 4.69) is 37.2 Å². The van der Waals surface area contributed by atoms with Crippen LogP contribution in [-0.4, -0.2) is 77.0 Å². The van der Waals surface area contributed by atoms with Gasteiger partial charge in [0.25, 0.3) is 0 Å². The minimum absolute atomic E-state index is 0.165. The van der Waals surface area contributed by atoms with Crippen LogP contribution in [0.5, 0.6) is 0 Å². The van der Waals surface area contributed by atoms with Crippen molar-refractivity contribution in [2.75, 3.05) is 39.3 Å². The second-order valence-electron chi connectivity index (χ2n) is 9.91. The van der Waals surface area contributed by atoms with E-state index in [9.17, 15) is 24.3 Å². The molecule has 2 N–H and O–H groups in total. The van der Waals surface area contributed by atoms with E-state index >= 15 is 0 Å². The van der Waals surface area contributed by atoms with Crippen LogP contribution < -0.4 is 5.32 Å². The van der Waals surface area contributed by atoms with Gasteiger partial charge >= 0.3 is 11.9 Å². The van der Waals surface area contributed by atoms with Gasteiger partial charge in [-0.15, -0.1) is 11.3 Å². The van der Waals surface area contributed by atoms with Crippen molar-refractivity contribution >= 4 is 45.0 Å². The van der Waals surface area contributed by atoms with E-state index in [1.807, 2.05) is 10.3 Å². The van der Waals surface area contributed by atoms with E-state index in [1.165, 1.54) is 23.5 Å². The first-order valence-electron chi connectivity index (χ1n) is 13.6. The molecule has 3 aromatic rings. The van der Waals surface area contributed by atoms with Crippen molar-refractivity contribution in [3.63, 3.8) is 0 Å². The number of hydrogen-bond donors (Lipinski definition) is 2. The second kappa shape index (κ2) is 13.6. The minimum atomic E-state index is -0.984. The number of amidine groups is 1. The molecule has 0 bridgehead atoms. The topological polar surface area (TPSA) is 131 Å². The number of thiazole rings is 1. The van der Waals surface area contributed by atoms with Gasteiger partial charge in [0.15, 0.2) is 10.8 Å². The van der Waals surface area contributed by atoms with E-state index in [-0.39, 0.29) is 6.61 Å². The predicted molar refractivity (Wildman–Crippen MR) is 162 cm³/mol. The Morgan fingerprint density at radius 1 is 1.26 bits per heavy atom. The molecular weight excluding hydrogens is 639 g/mol. The lowest BCUT2D eigenvalue weighted by molar-refractivity contribution is -0.144. The summed E-state index contributed by atoms with van der Waals surface area (Å²) in [6.45, 7) is 4.19. The smallest absolute Gasteiger partial charge is 0.338 e. The maximum absolute atomic E-state index is 14.0. The number of benzene rings is 2. The SMILES string of the molecule is CCOC(=O)C1=C(CN2CCN(C(C(=O)O)c3cccc(C#N)c3)CC2)NC(c2nccs2)=NC1c1ccc(F)cc1Br. The first-order valence-corrected chi connectivity index (χ1v) is 15.2. The van der Waals surface area contributed by atoms with Crippen LogP contribution in [0.1, 0.15) is 40.7 Å². The molecule has 3 heterocycles. The normalized spacial score (nSPS) is 18.4. The Balaban J connectivity index is 1.44. The number of carboxylic acids is 1. The number of carbonyl (C=O) groups is 2. The monoisotopic (exact) mass is 666 g/mol. The Kier molecular flexibility index (Phi) is 9.62. The van der Waals surface area contributed by atoms with Crippen molar-refractivity contribution in [2.24, 2.45) is 4.99 Å². The van der Waals surface area contributed by atoms with Gasteiger partial charge in [-0.05, 0) is 42.3 Å². The summed E-state index contributed by atoms with van der Waals surface area (Å²) in [6.07, 6.45) is 1.67. The van der Waals surface area contributed by atoms with E-state index in [1.54, 1.807) is 43.5 Å². The van der Waals surface area contributed by atoms with E-state index in [0.29, 0.717) is 76.0 Å². The zero-order valence-corrected chi connectivity index (χ0v) is 25.6.